The van der Waals surface area contributed by atoms with Gasteiger partial charge in [0.15, 0.2) is 0 Å². The van der Waals surface area contributed by atoms with Gasteiger partial charge in [0.1, 0.15) is 0 Å². The second kappa shape index (κ2) is 7.38. The van der Waals surface area contributed by atoms with Crippen molar-refractivity contribution in [3.05, 3.63) is 0 Å². The maximum absolute atomic E-state index is 11.3. The molecule has 0 spiro atoms. The van der Waals surface area contributed by atoms with Gasteiger partial charge in [0.05, 0.1) is 19.1 Å². The van der Waals surface area contributed by atoms with Crippen LogP contribution >= 0.6 is 0 Å². The number of rotatable bonds is 5. The van der Waals surface area contributed by atoms with Crippen LogP contribution in [0.25, 0.3) is 0 Å². The maximum Gasteiger partial charge on any atom is 0.310 e. The first-order chi connectivity index (χ1) is 9.63. The molecule has 2 aliphatic rings. The van der Waals surface area contributed by atoms with Gasteiger partial charge in [0, 0.05) is 12.1 Å². The van der Waals surface area contributed by atoms with Crippen molar-refractivity contribution in [2.45, 2.75) is 44.7 Å². The lowest BCUT2D eigenvalue weighted by molar-refractivity contribution is -0.143. The normalized spacial score (nSPS) is 32.5. The standard InChI is InChI=1S/C15H28N2O3/c1-3-7-17-8-4-5-12(6-9-17)16(2)14-11-20-10-13(14)15(18)19/h12-14H,3-11H2,1-2H3,(H,18,19). The summed E-state index contributed by atoms with van der Waals surface area (Å²) in [5.41, 5.74) is 0. The van der Waals surface area contributed by atoms with Gasteiger partial charge in [-0.05, 0) is 52.4 Å². The molecule has 0 amide bonds. The molecular weight excluding hydrogens is 256 g/mol. The smallest absolute Gasteiger partial charge is 0.310 e. The summed E-state index contributed by atoms with van der Waals surface area (Å²) in [5, 5.41) is 9.28. The summed E-state index contributed by atoms with van der Waals surface area (Å²) in [4.78, 5) is 16.1. The van der Waals surface area contributed by atoms with Crippen molar-refractivity contribution in [2.24, 2.45) is 5.92 Å². The van der Waals surface area contributed by atoms with E-state index in [0.29, 0.717) is 19.3 Å². The molecule has 2 fully saturated rings. The van der Waals surface area contributed by atoms with Crippen LogP contribution in [-0.2, 0) is 9.53 Å². The van der Waals surface area contributed by atoms with Gasteiger partial charge in [-0.25, -0.2) is 0 Å². The Balaban J connectivity index is 1.91. The summed E-state index contributed by atoms with van der Waals surface area (Å²) in [6.07, 6.45) is 4.72. The van der Waals surface area contributed by atoms with E-state index in [0.717, 1.165) is 13.0 Å². The van der Waals surface area contributed by atoms with Crippen LogP contribution in [0.1, 0.15) is 32.6 Å². The molecule has 5 nitrogen and oxygen atoms in total. The second-order valence-corrected chi connectivity index (χ2v) is 6.14. The Labute approximate surface area is 121 Å². The lowest BCUT2D eigenvalue weighted by Gasteiger charge is -2.33. The topological polar surface area (TPSA) is 53.0 Å². The van der Waals surface area contributed by atoms with Crippen molar-refractivity contribution in [3.63, 3.8) is 0 Å². The summed E-state index contributed by atoms with van der Waals surface area (Å²) in [7, 11) is 2.08. The first-order valence-electron chi connectivity index (χ1n) is 7.88. The number of likely N-dealkylation sites (tertiary alicyclic amines) is 1. The van der Waals surface area contributed by atoms with Crippen LogP contribution in [0.3, 0.4) is 0 Å². The number of likely N-dealkylation sites (N-methyl/N-ethyl adjacent to an activating group) is 1. The van der Waals surface area contributed by atoms with Crippen molar-refractivity contribution in [2.75, 3.05) is 39.9 Å². The van der Waals surface area contributed by atoms with Crippen molar-refractivity contribution < 1.29 is 14.6 Å². The van der Waals surface area contributed by atoms with Crippen molar-refractivity contribution in [3.8, 4) is 0 Å². The summed E-state index contributed by atoms with van der Waals surface area (Å²) in [5.74, 6) is -1.09. The predicted molar refractivity (Wildman–Crippen MR) is 77.9 cm³/mol. The average Bonchev–Trinajstić information content (AvgIpc) is 2.80. The van der Waals surface area contributed by atoms with Gasteiger partial charge in [-0.1, -0.05) is 6.92 Å². The third-order valence-corrected chi connectivity index (χ3v) is 4.80. The molecule has 0 aromatic heterocycles. The minimum absolute atomic E-state index is 0.0372. The minimum Gasteiger partial charge on any atom is -0.481 e. The zero-order valence-corrected chi connectivity index (χ0v) is 12.8. The van der Waals surface area contributed by atoms with E-state index in [1.807, 2.05) is 0 Å². The summed E-state index contributed by atoms with van der Waals surface area (Å²) in [6.45, 7) is 6.64. The first-order valence-corrected chi connectivity index (χ1v) is 7.88. The molecule has 0 aromatic carbocycles. The summed E-state index contributed by atoms with van der Waals surface area (Å²) < 4.78 is 5.40. The largest absolute Gasteiger partial charge is 0.481 e. The van der Waals surface area contributed by atoms with Crippen LogP contribution in [0.5, 0.6) is 0 Å². The number of carboxylic acid groups (broad SMARTS) is 1. The minimum atomic E-state index is -0.722. The van der Waals surface area contributed by atoms with E-state index in [4.69, 9.17) is 4.74 Å². The van der Waals surface area contributed by atoms with E-state index in [-0.39, 0.29) is 12.0 Å². The third-order valence-electron chi connectivity index (χ3n) is 4.80. The van der Waals surface area contributed by atoms with Crippen LogP contribution in [0.15, 0.2) is 0 Å². The fourth-order valence-corrected chi connectivity index (χ4v) is 3.54. The van der Waals surface area contributed by atoms with Crippen molar-refractivity contribution in [1.82, 2.24) is 9.80 Å². The molecule has 2 saturated heterocycles. The quantitative estimate of drug-likeness (QED) is 0.824. The molecular formula is C15H28N2O3. The highest BCUT2D eigenvalue weighted by molar-refractivity contribution is 5.71. The van der Waals surface area contributed by atoms with E-state index in [1.54, 1.807) is 0 Å². The number of carboxylic acids is 1. The molecule has 116 valence electrons. The lowest BCUT2D eigenvalue weighted by atomic mass is 9.98. The maximum atomic E-state index is 11.3. The molecule has 2 heterocycles. The molecule has 0 radical (unpaired) electrons. The summed E-state index contributed by atoms with van der Waals surface area (Å²) in [6, 6.07) is 0.528. The molecule has 5 heteroatoms. The molecule has 0 aromatic rings. The van der Waals surface area contributed by atoms with E-state index in [9.17, 15) is 9.90 Å². The predicted octanol–water partition coefficient (Wildman–Crippen LogP) is 1.28. The van der Waals surface area contributed by atoms with Gasteiger partial charge in [-0.15, -0.1) is 0 Å². The lowest BCUT2D eigenvalue weighted by Crippen LogP contribution is -2.46. The van der Waals surface area contributed by atoms with Gasteiger partial charge in [0.2, 0.25) is 0 Å². The van der Waals surface area contributed by atoms with E-state index in [1.165, 1.54) is 32.4 Å². The number of nitrogens with zero attached hydrogens (tertiary/aromatic N) is 2. The van der Waals surface area contributed by atoms with Gasteiger partial charge in [-0.2, -0.15) is 0 Å². The van der Waals surface area contributed by atoms with Gasteiger partial charge < -0.3 is 14.7 Å². The molecule has 3 unspecified atom stereocenters. The highest BCUT2D eigenvalue weighted by Gasteiger charge is 2.39. The van der Waals surface area contributed by atoms with Gasteiger partial charge >= 0.3 is 5.97 Å². The van der Waals surface area contributed by atoms with Crippen LogP contribution in [0.4, 0.5) is 0 Å². The van der Waals surface area contributed by atoms with Crippen molar-refractivity contribution in [1.29, 1.82) is 0 Å². The number of aliphatic carboxylic acids is 1. The van der Waals surface area contributed by atoms with E-state index in [2.05, 4.69) is 23.8 Å². The average molecular weight is 284 g/mol. The van der Waals surface area contributed by atoms with E-state index < -0.39 is 5.97 Å². The highest BCUT2D eigenvalue weighted by atomic mass is 16.5. The Morgan fingerprint density at radius 1 is 1.35 bits per heavy atom. The molecule has 0 bridgehead atoms. The number of hydrogen-bond donors (Lipinski definition) is 1. The van der Waals surface area contributed by atoms with Gasteiger partial charge in [-0.3, -0.25) is 9.69 Å². The molecule has 0 aliphatic carbocycles. The molecule has 2 aliphatic heterocycles. The highest BCUT2D eigenvalue weighted by Crippen LogP contribution is 2.25. The van der Waals surface area contributed by atoms with Crippen LogP contribution in [0, 0.1) is 5.92 Å². The molecule has 20 heavy (non-hydrogen) atoms. The number of hydrogen-bond acceptors (Lipinski definition) is 4. The number of carbonyl (C=O) groups is 1. The Bertz CT molecular complexity index is 324. The Morgan fingerprint density at radius 3 is 2.85 bits per heavy atom. The van der Waals surface area contributed by atoms with E-state index >= 15 is 0 Å². The molecule has 1 N–H and O–H groups in total. The fraction of sp³-hybridized carbons (Fsp3) is 0.933. The molecule has 2 rings (SSSR count). The van der Waals surface area contributed by atoms with Crippen LogP contribution < -0.4 is 0 Å². The third kappa shape index (κ3) is 3.71. The Kier molecular flexibility index (Phi) is 5.81. The first kappa shape index (κ1) is 15.7. The Hall–Kier alpha value is -0.650. The SMILES string of the molecule is CCCN1CCCC(N(C)C2COCC2C(=O)O)CC1. The summed E-state index contributed by atoms with van der Waals surface area (Å²) >= 11 is 0. The van der Waals surface area contributed by atoms with Crippen LogP contribution in [-0.4, -0.2) is 72.9 Å². The monoisotopic (exact) mass is 284 g/mol. The number of ether oxygens (including phenoxy) is 1. The van der Waals surface area contributed by atoms with Crippen LogP contribution in [0.2, 0.25) is 0 Å². The zero-order chi connectivity index (χ0) is 14.5. The van der Waals surface area contributed by atoms with Crippen molar-refractivity contribution >= 4 is 5.97 Å². The Morgan fingerprint density at radius 2 is 2.15 bits per heavy atom. The second-order valence-electron chi connectivity index (χ2n) is 6.14. The zero-order valence-electron chi connectivity index (χ0n) is 12.8. The fourth-order valence-electron chi connectivity index (χ4n) is 3.54. The van der Waals surface area contributed by atoms with Gasteiger partial charge in [0.25, 0.3) is 0 Å². The molecule has 3 atom stereocenters. The molecule has 0 saturated carbocycles.